The van der Waals surface area contributed by atoms with Gasteiger partial charge in [0.2, 0.25) is 5.91 Å². The fraction of sp³-hybridized carbons (Fsp3) is 0.300. The molecule has 0 aromatic heterocycles. The second-order valence-corrected chi connectivity index (χ2v) is 5.70. The highest BCUT2D eigenvalue weighted by Gasteiger charge is 2.12. The van der Waals surface area contributed by atoms with E-state index in [1.165, 1.54) is 0 Å². The van der Waals surface area contributed by atoms with Crippen LogP contribution in [-0.2, 0) is 11.2 Å². The number of benzene rings is 2. The minimum Gasteiger partial charge on any atom is -0.497 e. The van der Waals surface area contributed by atoms with Crippen molar-refractivity contribution in [2.24, 2.45) is 0 Å². The molecule has 0 saturated heterocycles. The van der Waals surface area contributed by atoms with Gasteiger partial charge in [0.05, 0.1) is 18.4 Å². The van der Waals surface area contributed by atoms with E-state index in [9.17, 15) is 9.59 Å². The highest BCUT2D eigenvalue weighted by Crippen LogP contribution is 2.16. The Morgan fingerprint density at radius 2 is 1.76 bits per heavy atom. The van der Waals surface area contributed by atoms with Gasteiger partial charge < -0.3 is 15.4 Å². The summed E-state index contributed by atoms with van der Waals surface area (Å²) < 4.78 is 5.12. The van der Waals surface area contributed by atoms with Gasteiger partial charge in [0, 0.05) is 13.0 Å². The highest BCUT2D eigenvalue weighted by atomic mass is 16.5. The number of para-hydroxylation sites is 1. The highest BCUT2D eigenvalue weighted by molar-refractivity contribution is 6.03. The maximum absolute atomic E-state index is 12.2. The molecule has 2 rings (SSSR count). The molecular formula is C20H24N2O3. The van der Waals surface area contributed by atoms with Crippen LogP contribution < -0.4 is 15.4 Å². The fourth-order valence-corrected chi connectivity index (χ4v) is 2.39. The molecule has 0 aliphatic carbocycles. The standard InChI is InChI=1S/C20H24N2O3/c1-3-14-21-20(24)17-6-4-5-7-18(17)22-19(23)13-10-15-8-11-16(25-2)12-9-15/h4-9,11-12H,3,10,13-14H2,1-2H3,(H,21,24)(H,22,23). The number of nitrogens with one attached hydrogen (secondary N) is 2. The Balaban J connectivity index is 1.94. The number of methoxy groups -OCH3 is 1. The van der Waals surface area contributed by atoms with Gasteiger partial charge in [0.25, 0.3) is 5.91 Å². The van der Waals surface area contributed by atoms with Gasteiger partial charge in [-0.05, 0) is 42.7 Å². The van der Waals surface area contributed by atoms with Crippen molar-refractivity contribution < 1.29 is 14.3 Å². The van der Waals surface area contributed by atoms with E-state index in [1.807, 2.05) is 31.2 Å². The molecule has 0 radical (unpaired) electrons. The molecule has 5 nitrogen and oxygen atoms in total. The number of carbonyl (C=O) groups is 2. The Kier molecular flexibility index (Phi) is 7.01. The predicted octanol–water partition coefficient (Wildman–Crippen LogP) is 3.41. The summed E-state index contributed by atoms with van der Waals surface area (Å²) in [7, 11) is 1.62. The smallest absolute Gasteiger partial charge is 0.253 e. The van der Waals surface area contributed by atoms with Crippen LogP contribution in [0.4, 0.5) is 5.69 Å². The largest absolute Gasteiger partial charge is 0.497 e. The molecule has 0 unspecified atom stereocenters. The van der Waals surface area contributed by atoms with Gasteiger partial charge in [-0.3, -0.25) is 9.59 Å². The summed E-state index contributed by atoms with van der Waals surface area (Å²) in [4.78, 5) is 24.4. The molecule has 2 aromatic carbocycles. The average molecular weight is 340 g/mol. The van der Waals surface area contributed by atoms with E-state index < -0.39 is 0 Å². The lowest BCUT2D eigenvalue weighted by molar-refractivity contribution is -0.116. The zero-order valence-corrected chi connectivity index (χ0v) is 14.7. The maximum atomic E-state index is 12.2. The van der Waals surface area contributed by atoms with Gasteiger partial charge in [0.15, 0.2) is 0 Å². The van der Waals surface area contributed by atoms with Crippen molar-refractivity contribution >= 4 is 17.5 Å². The monoisotopic (exact) mass is 340 g/mol. The first-order valence-electron chi connectivity index (χ1n) is 8.44. The molecule has 0 bridgehead atoms. The minimum atomic E-state index is -0.173. The summed E-state index contributed by atoms with van der Waals surface area (Å²) in [6.45, 7) is 2.60. The molecule has 0 heterocycles. The van der Waals surface area contributed by atoms with Gasteiger partial charge in [0.1, 0.15) is 5.75 Å². The number of aryl methyl sites for hydroxylation is 1. The number of carbonyl (C=O) groups excluding carboxylic acids is 2. The number of rotatable bonds is 8. The molecule has 0 atom stereocenters. The summed E-state index contributed by atoms with van der Waals surface area (Å²) in [5, 5.41) is 5.67. The van der Waals surface area contributed by atoms with Gasteiger partial charge in [-0.15, -0.1) is 0 Å². The first kappa shape index (κ1) is 18.5. The third kappa shape index (κ3) is 5.64. The van der Waals surface area contributed by atoms with E-state index in [1.54, 1.807) is 31.4 Å². The van der Waals surface area contributed by atoms with Gasteiger partial charge in [-0.25, -0.2) is 0 Å². The van der Waals surface area contributed by atoms with Crippen molar-refractivity contribution in [1.29, 1.82) is 0 Å². The first-order chi connectivity index (χ1) is 12.1. The van der Waals surface area contributed by atoms with Gasteiger partial charge in [-0.1, -0.05) is 31.2 Å². The maximum Gasteiger partial charge on any atom is 0.253 e. The summed E-state index contributed by atoms with van der Waals surface area (Å²) in [6, 6.07) is 14.7. The van der Waals surface area contributed by atoms with Crippen molar-refractivity contribution in [3.8, 4) is 5.75 Å². The summed E-state index contributed by atoms with van der Waals surface area (Å²) in [5.41, 5.74) is 2.08. The van der Waals surface area contributed by atoms with Gasteiger partial charge in [-0.2, -0.15) is 0 Å². The van der Waals surface area contributed by atoms with E-state index in [-0.39, 0.29) is 11.8 Å². The topological polar surface area (TPSA) is 67.4 Å². The molecular weight excluding hydrogens is 316 g/mol. The van der Waals surface area contributed by atoms with Crippen LogP contribution >= 0.6 is 0 Å². The van der Waals surface area contributed by atoms with Gasteiger partial charge >= 0.3 is 0 Å². The Bertz CT molecular complexity index is 711. The van der Waals surface area contributed by atoms with Crippen LogP contribution in [-0.4, -0.2) is 25.5 Å². The molecule has 0 aliphatic heterocycles. The van der Waals surface area contributed by atoms with Crippen LogP contribution in [0, 0.1) is 0 Å². The van der Waals surface area contributed by atoms with Crippen molar-refractivity contribution in [1.82, 2.24) is 5.32 Å². The zero-order chi connectivity index (χ0) is 18.1. The number of ether oxygens (including phenoxy) is 1. The van der Waals surface area contributed by atoms with Crippen molar-refractivity contribution in [3.63, 3.8) is 0 Å². The van der Waals surface area contributed by atoms with Crippen LogP contribution in [0.2, 0.25) is 0 Å². The van der Waals surface area contributed by atoms with Crippen LogP contribution in [0.3, 0.4) is 0 Å². The molecule has 0 aliphatic rings. The van der Waals surface area contributed by atoms with Crippen molar-refractivity contribution in [3.05, 3.63) is 59.7 Å². The van der Waals surface area contributed by atoms with E-state index >= 15 is 0 Å². The quantitative estimate of drug-likeness (QED) is 0.774. The number of anilines is 1. The summed E-state index contributed by atoms with van der Waals surface area (Å²) in [5.74, 6) is 0.500. The molecule has 2 N–H and O–H groups in total. The predicted molar refractivity (Wildman–Crippen MR) is 99.0 cm³/mol. The lowest BCUT2D eigenvalue weighted by Gasteiger charge is -2.11. The lowest BCUT2D eigenvalue weighted by atomic mass is 10.1. The van der Waals surface area contributed by atoms with Crippen molar-refractivity contribution in [2.75, 3.05) is 19.0 Å². The Morgan fingerprint density at radius 1 is 1.04 bits per heavy atom. The fourth-order valence-electron chi connectivity index (χ4n) is 2.39. The molecule has 0 fully saturated rings. The number of amides is 2. The Hall–Kier alpha value is -2.82. The number of hydrogen-bond donors (Lipinski definition) is 2. The molecule has 2 amide bonds. The molecule has 5 heteroatoms. The minimum absolute atomic E-state index is 0.119. The molecule has 25 heavy (non-hydrogen) atoms. The first-order valence-corrected chi connectivity index (χ1v) is 8.44. The van der Waals surface area contributed by atoms with E-state index in [2.05, 4.69) is 10.6 Å². The normalized spacial score (nSPS) is 10.2. The summed E-state index contributed by atoms with van der Waals surface area (Å²) >= 11 is 0. The average Bonchev–Trinajstić information content (AvgIpc) is 2.65. The molecule has 132 valence electrons. The van der Waals surface area contributed by atoms with Crippen LogP contribution in [0.5, 0.6) is 5.75 Å². The second kappa shape index (κ2) is 9.47. The number of hydrogen-bond acceptors (Lipinski definition) is 3. The third-order valence-corrected chi connectivity index (χ3v) is 3.78. The van der Waals surface area contributed by atoms with Crippen LogP contribution in [0.1, 0.15) is 35.7 Å². The lowest BCUT2D eigenvalue weighted by Crippen LogP contribution is -2.25. The summed E-state index contributed by atoms with van der Waals surface area (Å²) in [6.07, 6.45) is 1.83. The van der Waals surface area contributed by atoms with Crippen LogP contribution in [0.15, 0.2) is 48.5 Å². The molecule has 2 aromatic rings. The molecule has 0 spiro atoms. The van der Waals surface area contributed by atoms with E-state index in [0.717, 1.165) is 17.7 Å². The van der Waals surface area contributed by atoms with Crippen LogP contribution in [0.25, 0.3) is 0 Å². The Morgan fingerprint density at radius 3 is 2.44 bits per heavy atom. The van der Waals surface area contributed by atoms with E-state index in [0.29, 0.717) is 30.6 Å². The SMILES string of the molecule is CCCNC(=O)c1ccccc1NC(=O)CCc1ccc(OC)cc1. The zero-order valence-electron chi connectivity index (χ0n) is 14.7. The molecule has 0 saturated carbocycles. The second-order valence-electron chi connectivity index (χ2n) is 5.70. The van der Waals surface area contributed by atoms with Crippen molar-refractivity contribution in [2.45, 2.75) is 26.2 Å². The Labute approximate surface area is 148 Å². The van der Waals surface area contributed by atoms with E-state index in [4.69, 9.17) is 4.74 Å². The third-order valence-electron chi connectivity index (χ3n) is 3.78.